The Bertz CT molecular complexity index is 619. The van der Waals surface area contributed by atoms with E-state index in [-0.39, 0.29) is 12.5 Å². The molecule has 0 fully saturated rings. The Morgan fingerprint density at radius 3 is 2.76 bits per heavy atom. The van der Waals surface area contributed by atoms with E-state index in [1.54, 1.807) is 0 Å². The first kappa shape index (κ1) is 14.8. The zero-order chi connectivity index (χ0) is 15.2. The van der Waals surface area contributed by atoms with Crippen LogP contribution in [0.25, 0.3) is 0 Å². The Balaban J connectivity index is 1.96. The van der Waals surface area contributed by atoms with E-state index in [0.29, 0.717) is 12.0 Å². The molecule has 2 aromatic rings. The fraction of sp³-hybridized carbons (Fsp3) is 0.250. The van der Waals surface area contributed by atoms with Crippen LogP contribution in [-0.2, 0) is 11.2 Å². The number of carbonyl (C=O) groups excluding carboxylic acids is 1. The number of hydrogen-bond acceptors (Lipinski definition) is 3. The lowest BCUT2D eigenvalue weighted by atomic mass is 9.98. The van der Waals surface area contributed by atoms with Gasteiger partial charge >= 0.3 is 5.97 Å². The van der Waals surface area contributed by atoms with Gasteiger partial charge < -0.3 is 14.8 Å². The number of amides is 1. The fourth-order valence-electron chi connectivity index (χ4n) is 2.08. The summed E-state index contributed by atoms with van der Waals surface area (Å²) in [6, 6.07) is 9.23. The summed E-state index contributed by atoms with van der Waals surface area (Å²) in [5, 5.41) is 11.9. The summed E-state index contributed by atoms with van der Waals surface area (Å²) < 4.78 is 4.82. The minimum Gasteiger partial charge on any atom is -0.481 e. The number of furan rings is 1. The van der Waals surface area contributed by atoms with Crippen molar-refractivity contribution in [2.75, 3.05) is 6.54 Å². The molecule has 0 saturated heterocycles. The van der Waals surface area contributed by atoms with E-state index < -0.39 is 11.9 Å². The normalized spacial score (nSPS) is 11.9. The molecule has 0 aliphatic carbocycles. The van der Waals surface area contributed by atoms with Crippen molar-refractivity contribution in [2.24, 2.45) is 5.92 Å². The number of carboxylic acids is 1. The predicted molar refractivity (Wildman–Crippen MR) is 77.1 cm³/mol. The summed E-state index contributed by atoms with van der Waals surface area (Å²) in [6.45, 7) is 2.03. The molecular formula is C16H17NO4. The van der Waals surface area contributed by atoms with Crippen LogP contribution < -0.4 is 5.32 Å². The van der Waals surface area contributed by atoms with Gasteiger partial charge in [-0.3, -0.25) is 9.59 Å². The average molecular weight is 287 g/mol. The third-order valence-corrected chi connectivity index (χ3v) is 3.21. The monoisotopic (exact) mass is 287 g/mol. The maximum absolute atomic E-state index is 11.8. The van der Waals surface area contributed by atoms with Crippen molar-refractivity contribution in [1.82, 2.24) is 5.32 Å². The Morgan fingerprint density at radius 2 is 2.14 bits per heavy atom. The molecule has 21 heavy (non-hydrogen) atoms. The SMILES string of the molecule is Cc1cccc(C[C@H](CNC(=O)c2ccoc2)C(=O)O)c1. The van der Waals surface area contributed by atoms with Gasteiger partial charge in [-0.25, -0.2) is 0 Å². The quantitative estimate of drug-likeness (QED) is 0.854. The van der Waals surface area contributed by atoms with Crippen LogP contribution in [0.3, 0.4) is 0 Å². The lowest BCUT2D eigenvalue weighted by molar-refractivity contribution is -0.141. The third kappa shape index (κ3) is 4.21. The number of aryl methyl sites for hydroxylation is 1. The maximum atomic E-state index is 11.8. The molecule has 1 atom stereocenters. The van der Waals surface area contributed by atoms with Crippen LogP contribution in [0.1, 0.15) is 21.5 Å². The minimum absolute atomic E-state index is 0.0767. The third-order valence-electron chi connectivity index (χ3n) is 3.21. The van der Waals surface area contributed by atoms with E-state index in [1.807, 2.05) is 31.2 Å². The summed E-state index contributed by atoms with van der Waals surface area (Å²) >= 11 is 0. The molecule has 2 rings (SSSR count). The molecule has 0 radical (unpaired) electrons. The Morgan fingerprint density at radius 1 is 1.33 bits per heavy atom. The number of carbonyl (C=O) groups is 2. The highest BCUT2D eigenvalue weighted by atomic mass is 16.4. The zero-order valence-electron chi connectivity index (χ0n) is 11.7. The van der Waals surface area contributed by atoms with Gasteiger partial charge in [0.2, 0.25) is 0 Å². The van der Waals surface area contributed by atoms with Gasteiger partial charge in [0.15, 0.2) is 0 Å². The fourth-order valence-corrected chi connectivity index (χ4v) is 2.08. The van der Waals surface area contributed by atoms with Gasteiger partial charge in [0.25, 0.3) is 5.91 Å². The van der Waals surface area contributed by atoms with Crippen LogP contribution in [0, 0.1) is 12.8 Å². The standard InChI is InChI=1S/C16H17NO4/c1-11-3-2-4-12(7-11)8-14(16(19)20)9-17-15(18)13-5-6-21-10-13/h2-7,10,14H,8-9H2,1H3,(H,17,18)(H,19,20)/t14-/m1/s1. The molecule has 5 nitrogen and oxygen atoms in total. The average Bonchev–Trinajstić information content (AvgIpc) is 2.97. The van der Waals surface area contributed by atoms with Crippen molar-refractivity contribution < 1.29 is 19.1 Å². The molecule has 1 aromatic heterocycles. The van der Waals surface area contributed by atoms with Crippen molar-refractivity contribution in [3.05, 3.63) is 59.5 Å². The molecule has 1 heterocycles. The summed E-state index contributed by atoms with van der Waals surface area (Å²) in [5.41, 5.74) is 2.41. The topological polar surface area (TPSA) is 79.5 Å². The van der Waals surface area contributed by atoms with Gasteiger partial charge in [-0.15, -0.1) is 0 Å². The van der Waals surface area contributed by atoms with Crippen LogP contribution in [0.5, 0.6) is 0 Å². The van der Waals surface area contributed by atoms with Gasteiger partial charge in [-0.2, -0.15) is 0 Å². The Labute approximate surface area is 122 Å². The highest BCUT2D eigenvalue weighted by Crippen LogP contribution is 2.11. The van der Waals surface area contributed by atoms with Crippen molar-refractivity contribution >= 4 is 11.9 Å². The maximum Gasteiger partial charge on any atom is 0.308 e. The van der Waals surface area contributed by atoms with Crippen LogP contribution in [-0.4, -0.2) is 23.5 Å². The number of nitrogens with one attached hydrogen (secondary N) is 1. The van der Waals surface area contributed by atoms with Gasteiger partial charge in [0, 0.05) is 6.54 Å². The molecule has 0 saturated carbocycles. The van der Waals surface area contributed by atoms with Crippen molar-refractivity contribution in [3.8, 4) is 0 Å². The molecule has 1 amide bonds. The number of rotatable bonds is 6. The number of hydrogen-bond donors (Lipinski definition) is 2. The molecule has 2 N–H and O–H groups in total. The summed E-state index contributed by atoms with van der Waals surface area (Å²) in [5.74, 6) is -1.93. The van der Waals surface area contributed by atoms with Crippen LogP contribution in [0.2, 0.25) is 0 Å². The Kier molecular flexibility index (Phi) is 4.77. The molecular weight excluding hydrogens is 270 g/mol. The first-order chi connectivity index (χ1) is 10.1. The molecule has 0 aliphatic heterocycles. The lowest BCUT2D eigenvalue weighted by Crippen LogP contribution is -2.33. The van der Waals surface area contributed by atoms with Crippen molar-refractivity contribution in [2.45, 2.75) is 13.3 Å². The van der Waals surface area contributed by atoms with E-state index in [0.717, 1.165) is 11.1 Å². The molecule has 0 bridgehead atoms. The molecule has 0 aliphatic rings. The highest BCUT2D eigenvalue weighted by molar-refractivity contribution is 5.93. The van der Waals surface area contributed by atoms with Crippen molar-refractivity contribution in [3.63, 3.8) is 0 Å². The summed E-state index contributed by atoms with van der Waals surface area (Å²) in [7, 11) is 0. The summed E-state index contributed by atoms with van der Waals surface area (Å²) in [4.78, 5) is 23.1. The number of carboxylic acid groups (broad SMARTS) is 1. The second-order valence-electron chi connectivity index (χ2n) is 4.95. The molecule has 110 valence electrons. The second-order valence-corrected chi connectivity index (χ2v) is 4.95. The van der Waals surface area contributed by atoms with Crippen molar-refractivity contribution in [1.29, 1.82) is 0 Å². The molecule has 1 aromatic carbocycles. The first-order valence-electron chi connectivity index (χ1n) is 6.65. The largest absolute Gasteiger partial charge is 0.481 e. The van der Waals surface area contributed by atoms with E-state index in [2.05, 4.69) is 5.32 Å². The van der Waals surface area contributed by atoms with Gasteiger partial charge in [0.05, 0.1) is 17.7 Å². The van der Waals surface area contributed by atoms with E-state index in [4.69, 9.17) is 4.42 Å². The van der Waals surface area contributed by atoms with E-state index >= 15 is 0 Å². The van der Waals surface area contributed by atoms with E-state index in [9.17, 15) is 14.7 Å². The summed E-state index contributed by atoms with van der Waals surface area (Å²) in [6.07, 6.45) is 3.10. The molecule has 0 unspecified atom stereocenters. The first-order valence-corrected chi connectivity index (χ1v) is 6.65. The zero-order valence-corrected chi connectivity index (χ0v) is 11.7. The van der Waals surface area contributed by atoms with Crippen LogP contribution in [0.15, 0.2) is 47.3 Å². The van der Waals surface area contributed by atoms with Crippen LogP contribution in [0.4, 0.5) is 0 Å². The second kappa shape index (κ2) is 6.74. The van der Waals surface area contributed by atoms with Gasteiger partial charge in [-0.05, 0) is 25.0 Å². The Hall–Kier alpha value is -2.56. The van der Waals surface area contributed by atoms with Gasteiger partial charge in [-0.1, -0.05) is 29.8 Å². The van der Waals surface area contributed by atoms with E-state index in [1.165, 1.54) is 18.6 Å². The predicted octanol–water partition coefficient (Wildman–Crippen LogP) is 2.26. The number of benzene rings is 1. The smallest absolute Gasteiger partial charge is 0.308 e. The highest BCUT2D eigenvalue weighted by Gasteiger charge is 2.19. The minimum atomic E-state index is -0.927. The lowest BCUT2D eigenvalue weighted by Gasteiger charge is -2.13. The number of aliphatic carboxylic acids is 1. The van der Waals surface area contributed by atoms with Crippen LogP contribution >= 0.6 is 0 Å². The molecule has 5 heteroatoms. The van der Waals surface area contributed by atoms with Gasteiger partial charge in [0.1, 0.15) is 6.26 Å². The molecule has 0 spiro atoms.